The van der Waals surface area contributed by atoms with Crippen molar-refractivity contribution in [1.82, 2.24) is 14.8 Å². The molecule has 4 nitrogen and oxygen atoms in total. The Labute approximate surface area is 100 Å². The molecular formula is C13H17N3O. The molecule has 0 aliphatic carbocycles. The van der Waals surface area contributed by atoms with Gasteiger partial charge in [-0.25, -0.2) is 4.79 Å². The van der Waals surface area contributed by atoms with Crippen LogP contribution in [0.5, 0.6) is 0 Å². The molecule has 0 saturated heterocycles. The number of aryl methyl sites for hydroxylation is 2. The molecule has 2 rings (SSSR count). The van der Waals surface area contributed by atoms with Crippen LogP contribution in [-0.4, -0.2) is 14.8 Å². The second kappa shape index (κ2) is 4.99. The number of H-pyrrole nitrogens is 1. The third kappa shape index (κ3) is 2.64. The largest absolute Gasteiger partial charge is 0.348 e. The summed E-state index contributed by atoms with van der Waals surface area (Å²) in [6.45, 7) is 4.12. The molecule has 0 atom stereocenters. The van der Waals surface area contributed by atoms with Gasteiger partial charge in [-0.3, -0.25) is 4.98 Å². The maximum absolute atomic E-state index is 11.8. The van der Waals surface area contributed by atoms with Crippen LogP contribution in [0, 0.1) is 6.92 Å². The Morgan fingerprint density at radius 1 is 1.41 bits per heavy atom. The van der Waals surface area contributed by atoms with E-state index < -0.39 is 0 Å². The van der Waals surface area contributed by atoms with E-state index in [1.807, 2.05) is 31.2 Å². The van der Waals surface area contributed by atoms with Gasteiger partial charge in [-0.15, -0.1) is 0 Å². The smallest absolute Gasteiger partial charge is 0.292 e. The highest BCUT2D eigenvalue weighted by molar-refractivity contribution is 5.33. The van der Waals surface area contributed by atoms with E-state index in [1.165, 1.54) is 4.68 Å². The van der Waals surface area contributed by atoms with Crippen LogP contribution < -0.4 is 5.69 Å². The van der Waals surface area contributed by atoms with Gasteiger partial charge in [-0.05, 0) is 31.0 Å². The van der Waals surface area contributed by atoms with Crippen molar-refractivity contribution < 1.29 is 0 Å². The van der Waals surface area contributed by atoms with Crippen LogP contribution in [0.25, 0.3) is 5.69 Å². The lowest BCUT2D eigenvalue weighted by atomic mass is 10.2. The van der Waals surface area contributed by atoms with Crippen LogP contribution in [0.1, 0.15) is 31.2 Å². The molecule has 1 heterocycles. The first-order valence-electron chi connectivity index (χ1n) is 5.96. The van der Waals surface area contributed by atoms with Crippen LogP contribution in [-0.2, 0) is 6.42 Å². The highest BCUT2D eigenvalue weighted by Gasteiger charge is 2.06. The number of hydrogen-bond acceptors (Lipinski definition) is 2. The summed E-state index contributed by atoms with van der Waals surface area (Å²) < 4.78 is 1.43. The summed E-state index contributed by atoms with van der Waals surface area (Å²) in [6, 6.07) is 7.77. The molecule has 1 aromatic carbocycles. The summed E-state index contributed by atoms with van der Waals surface area (Å²) in [5, 5.41) is 4.31. The zero-order valence-electron chi connectivity index (χ0n) is 10.2. The van der Waals surface area contributed by atoms with E-state index in [0.717, 1.165) is 36.3 Å². The van der Waals surface area contributed by atoms with Crippen molar-refractivity contribution in [3.05, 3.63) is 46.1 Å². The molecule has 1 N–H and O–H groups in total. The third-order valence-electron chi connectivity index (χ3n) is 2.68. The van der Waals surface area contributed by atoms with Gasteiger partial charge in [-0.2, -0.15) is 9.78 Å². The number of nitrogens with one attached hydrogen (secondary N) is 1. The molecule has 2 aromatic rings. The van der Waals surface area contributed by atoms with E-state index in [0.29, 0.717) is 0 Å². The molecule has 17 heavy (non-hydrogen) atoms. The van der Waals surface area contributed by atoms with E-state index in [1.54, 1.807) is 0 Å². The molecule has 0 aliphatic heterocycles. The zero-order chi connectivity index (χ0) is 12.3. The van der Waals surface area contributed by atoms with Crippen molar-refractivity contribution in [3.8, 4) is 5.69 Å². The topological polar surface area (TPSA) is 50.7 Å². The summed E-state index contributed by atoms with van der Waals surface area (Å²) in [5.41, 5.74) is 1.77. The van der Waals surface area contributed by atoms with E-state index in [9.17, 15) is 4.79 Å². The van der Waals surface area contributed by atoms with Crippen LogP contribution in [0.3, 0.4) is 0 Å². The minimum Gasteiger partial charge on any atom is -0.292 e. The fraction of sp³-hybridized carbons (Fsp3) is 0.385. The Morgan fingerprint density at radius 3 is 2.94 bits per heavy atom. The van der Waals surface area contributed by atoms with Crippen LogP contribution in [0.2, 0.25) is 0 Å². The molecule has 0 spiro atoms. The molecule has 0 amide bonds. The van der Waals surface area contributed by atoms with Gasteiger partial charge in [0, 0.05) is 6.42 Å². The molecule has 0 bridgehead atoms. The van der Waals surface area contributed by atoms with Gasteiger partial charge >= 0.3 is 5.69 Å². The van der Waals surface area contributed by atoms with Crippen LogP contribution in [0.4, 0.5) is 0 Å². The average Bonchev–Trinajstić information content (AvgIpc) is 2.68. The number of aromatic amines is 1. The van der Waals surface area contributed by atoms with Gasteiger partial charge in [0.25, 0.3) is 0 Å². The van der Waals surface area contributed by atoms with Gasteiger partial charge in [-0.1, -0.05) is 25.5 Å². The van der Waals surface area contributed by atoms with Gasteiger partial charge in [0.1, 0.15) is 5.82 Å². The SMILES string of the molecule is CCCCc1nn(-c2cccc(C)c2)c(=O)[nH]1. The van der Waals surface area contributed by atoms with Gasteiger partial charge in [0.15, 0.2) is 0 Å². The van der Waals surface area contributed by atoms with Crippen molar-refractivity contribution >= 4 is 0 Å². The fourth-order valence-corrected chi connectivity index (χ4v) is 1.76. The second-order valence-electron chi connectivity index (χ2n) is 4.23. The number of rotatable bonds is 4. The molecule has 90 valence electrons. The average molecular weight is 231 g/mol. The van der Waals surface area contributed by atoms with E-state index in [-0.39, 0.29) is 5.69 Å². The van der Waals surface area contributed by atoms with E-state index in [2.05, 4.69) is 17.0 Å². The lowest BCUT2D eigenvalue weighted by molar-refractivity contribution is 0.740. The molecule has 0 fully saturated rings. The maximum atomic E-state index is 11.8. The maximum Gasteiger partial charge on any atom is 0.348 e. The first-order valence-corrected chi connectivity index (χ1v) is 5.96. The first-order chi connectivity index (χ1) is 8.20. The molecule has 0 unspecified atom stereocenters. The van der Waals surface area contributed by atoms with Crippen LogP contribution in [0.15, 0.2) is 29.1 Å². The molecule has 4 heteroatoms. The van der Waals surface area contributed by atoms with Crippen molar-refractivity contribution in [2.75, 3.05) is 0 Å². The normalized spacial score (nSPS) is 10.7. The Morgan fingerprint density at radius 2 is 2.24 bits per heavy atom. The lowest BCUT2D eigenvalue weighted by Crippen LogP contribution is -2.15. The summed E-state index contributed by atoms with van der Waals surface area (Å²) in [5.74, 6) is 0.762. The van der Waals surface area contributed by atoms with E-state index in [4.69, 9.17) is 0 Å². The zero-order valence-corrected chi connectivity index (χ0v) is 10.2. The number of benzene rings is 1. The Bertz CT molecular complexity index is 554. The van der Waals surface area contributed by atoms with Gasteiger partial charge in [0.05, 0.1) is 5.69 Å². The summed E-state index contributed by atoms with van der Waals surface area (Å²) in [7, 11) is 0. The number of hydrogen-bond donors (Lipinski definition) is 1. The Hall–Kier alpha value is -1.84. The lowest BCUT2D eigenvalue weighted by Gasteiger charge is -1.99. The van der Waals surface area contributed by atoms with Crippen molar-refractivity contribution in [3.63, 3.8) is 0 Å². The quantitative estimate of drug-likeness (QED) is 0.877. The predicted octanol–water partition coefficient (Wildman–Crippen LogP) is 2.21. The third-order valence-corrected chi connectivity index (χ3v) is 2.68. The number of nitrogens with zero attached hydrogens (tertiary/aromatic N) is 2. The monoisotopic (exact) mass is 231 g/mol. The van der Waals surface area contributed by atoms with Gasteiger partial charge < -0.3 is 0 Å². The molecule has 1 aromatic heterocycles. The highest BCUT2D eigenvalue weighted by atomic mass is 16.1. The van der Waals surface area contributed by atoms with Crippen molar-refractivity contribution in [2.45, 2.75) is 33.1 Å². The number of unbranched alkanes of at least 4 members (excludes halogenated alkanes) is 1. The second-order valence-corrected chi connectivity index (χ2v) is 4.23. The summed E-state index contributed by atoms with van der Waals surface area (Å²) >= 11 is 0. The Kier molecular flexibility index (Phi) is 3.42. The van der Waals surface area contributed by atoms with Crippen molar-refractivity contribution in [1.29, 1.82) is 0 Å². The fourth-order valence-electron chi connectivity index (χ4n) is 1.76. The minimum absolute atomic E-state index is 0.165. The first kappa shape index (κ1) is 11.6. The highest BCUT2D eigenvalue weighted by Crippen LogP contribution is 2.07. The molecule has 0 radical (unpaired) electrons. The van der Waals surface area contributed by atoms with Crippen LogP contribution >= 0.6 is 0 Å². The molecular weight excluding hydrogens is 214 g/mol. The Balaban J connectivity index is 2.33. The standard InChI is InChI=1S/C13H17N3O/c1-3-4-8-12-14-13(17)16(15-12)11-7-5-6-10(2)9-11/h5-7,9H,3-4,8H2,1-2H3,(H,14,15,17). The van der Waals surface area contributed by atoms with Crippen molar-refractivity contribution in [2.24, 2.45) is 0 Å². The van der Waals surface area contributed by atoms with E-state index >= 15 is 0 Å². The predicted molar refractivity (Wildman–Crippen MR) is 67.5 cm³/mol. The molecule has 0 aliphatic rings. The summed E-state index contributed by atoms with van der Waals surface area (Å²) in [4.78, 5) is 14.6. The summed E-state index contributed by atoms with van der Waals surface area (Å²) in [6.07, 6.45) is 2.96. The minimum atomic E-state index is -0.165. The van der Waals surface area contributed by atoms with Gasteiger partial charge in [0.2, 0.25) is 0 Å². The number of aromatic nitrogens is 3. The molecule has 0 saturated carbocycles.